The smallest absolute Gasteiger partial charge is 0.306 e. The Hall–Kier alpha value is -0.880. The molecule has 4 nitrogen and oxygen atoms in total. The molecule has 0 unspecified atom stereocenters. The van der Waals surface area contributed by atoms with Crippen LogP contribution in [0.15, 0.2) is 27.1 Å². The lowest BCUT2D eigenvalue weighted by molar-refractivity contribution is -0.146. The lowest BCUT2D eigenvalue weighted by Crippen LogP contribution is -2.20. The molecule has 0 fully saturated rings. The lowest BCUT2D eigenvalue weighted by atomic mass is 10.3. The molecule has 0 aromatic heterocycles. The summed E-state index contributed by atoms with van der Waals surface area (Å²) in [7, 11) is 0. The number of carbonyl (C=O) groups is 2. The van der Waals surface area contributed by atoms with Crippen molar-refractivity contribution in [2.75, 3.05) is 11.9 Å². The number of hydrogen-bond acceptors (Lipinski definition) is 3. The SMILES string of the molecule is CCC(=O)OCC(=O)Nc1ccc(Br)cc1Br. The molecule has 0 aliphatic heterocycles. The number of amides is 1. The summed E-state index contributed by atoms with van der Waals surface area (Å²) in [5.41, 5.74) is 0.630. The van der Waals surface area contributed by atoms with E-state index < -0.39 is 5.97 Å². The van der Waals surface area contributed by atoms with Gasteiger partial charge in [0.1, 0.15) is 0 Å². The largest absolute Gasteiger partial charge is 0.456 e. The highest BCUT2D eigenvalue weighted by molar-refractivity contribution is 9.11. The average molecular weight is 365 g/mol. The summed E-state index contributed by atoms with van der Waals surface area (Å²) < 4.78 is 6.37. The third kappa shape index (κ3) is 4.87. The van der Waals surface area contributed by atoms with Gasteiger partial charge in [-0.2, -0.15) is 0 Å². The van der Waals surface area contributed by atoms with Crippen LogP contribution in [0.2, 0.25) is 0 Å². The number of halogens is 2. The van der Waals surface area contributed by atoms with E-state index in [1.165, 1.54) is 0 Å². The molecule has 0 atom stereocenters. The van der Waals surface area contributed by atoms with E-state index in [2.05, 4.69) is 37.2 Å². The van der Waals surface area contributed by atoms with Crippen LogP contribution in [-0.2, 0) is 14.3 Å². The molecular weight excluding hydrogens is 354 g/mol. The number of hydrogen-bond donors (Lipinski definition) is 1. The predicted molar refractivity (Wildman–Crippen MR) is 71.7 cm³/mol. The molecule has 0 spiro atoms. The fraction of sp³-hybridized carbons (Fsp3) is 0.273. The number of nitrogens with one attached hydrogen (secondary N) is 1. The summed E-state index contributed by atoms with van der Waals surface area (Å²) in [5, 5.41) is 2.63. The van der Waals surface area contributed by atoms with Crippen LogP contribution >= 0.6 is 31.9 Å². The maximum atomic E-state index is 11.4. The molecule has 0 aliphatic carbocycles. The van der Waals surface area contributed by atoms with Crippen LogP contribution in [-0.4, -0.2) is 18.5 Å². The first-order valence-electron chi connectivity index (χ1n) is 4.93. The van der Waals surface area contributed by atoms with E-state index in [1.807, 2.05) is 6.07 Å². The molecule has 6 heteroatoms. The second-order valence-corrected chi connectivity index (χ2v) is 4.96. The van der Waals surface area contributed by atoms with Gasteiger partial charge in [0.15, 0.2) is 6.61 Å². The Balaban J connectivity index is 2.53. The van der Waals surface area contributed by atoms with Gasteiger partial charge in [0, 0.05) is 15.4 Å². The zero-order valence-corrected chi connectivity index (χ0v) is 12.3. The van der Waals surface area contributed by atoms with Gasteiger partial charge in [-0.1, -0.05) is 22.9 Å². The Labute approximate surface area is 116 Å². The molecule has 0 radical (unpaired) electrons. The van der Waals surface area contributed by atoms with Crippen molar-refractivity contribution in [1.82, 2.24) is 0 Å². The van der Waals surface area contributed by atoms with E-state index in [0.29, 0.717) is 5.69 Å². The van der Waals surface area contributed by atoms with Crippen LogP contribution in [0.3, 0.4) is 0 Å². The van der Waals surface area contributed by atoms with E-state index in [1.54, 1.807) is 19.1 Å². The summed E-state index contributed by atoms with van der Waals surface area (Å²) in [6.07, 6.45) is 0.259. The van der Waals surface area contributed by atoms with Crippen LogP contribution in [0.1, 0.15) is 13.3 Å². The van der Waals surface area contributed by atoms with Gasteiger partial charge < -0.3 is 10.1 Å². The monoisotopic (exact) mass is 363 g/mol. The van der Waals surface area contributed by atoms with Gasteiger partial charge in [-0.25, -0.2) is 0 Å². The molecule has 0 saturated heterocycles. The normalized spacial score (nSPS) is 9.82. The molecule has 0 aliphatic rings. The Morgan fingerprint density at radius 3 is 2.65 bits per heavy atom. The highest BCUT2D eigenvalue weighted by Gasteiger charge is 2.08. The number of esters is 1. The third-order valence-electron chi connectivity index (χ3n) is 1.86. The van der Waals surface area contributed by atoms with Crippen LogP contribution in [0.5, 0.6) is 0 Å². The zero-order chi connectivity index (χ0) is 12.8. The van der Waals surface area contributed by atoms with Crippen LogP contribution in [0, 0.1) is 0 Å². The number of benzene rings is 1. The van der Waals surface area contributed by atoms with Crippen LogP contribution in [0.25, 0.3) is 0 Å². The quantitative estimate of drug-likeness (QED) is 0.835. The first-order valence-corrected chi connectivity index (χ1v) is 6.52. The summed E-state index contributed by atoms with van der Waals surface area (Å²) in [6, 6.07) is 5.36. The van der Waals surface area contributed by atoms with Crippen molar-refractivity contribution in [3.05, 3.63) is 27.1 Å². The average Bonchev–Trinajstić information content (AvgIpc) is 2.29. The van der Waals surface area contributed by atoms with Gasteiger partial charge >= 0.3 is 5.97 Å². The molecule has 0 saturated carbocycles. The predicted octanol–water partition coefficient (Wildman–Crippen LogP) is 3.10. The summed E-state index contributed by atoms with van der Waals surface area (Å²) in [4.78, 5) is 22.3. The molecule has 1 N–H and O–H groups in total. The Kier molecular flexibility index (Phi) is 5.64. The first-order chi connectivity index (χ1) is 8.02. The number of rotatable bonds is 4. The van der Waals surface area contributed by atoms with Gasteiger partial charge in [-0.3, -0.25) is 9.59 Å². The Morgan fingerprint density at radius 1 is 1.35 bits per heavy atom. The zero-order valence-electron chi connectivity index (χ0n) is 9.13. The van der Waals surface area contributed by atoms with Crippen molar-refractivity contribution in [2.45, 2.75) is 13.3 Å². The van der Waals surface area contributed by atoms with Crippen molar-refractivity contribution in [3.63, 3.8) is 0 Å². The van der Waals surface area contributed by atoms with Gasteiger partial charge in [0.2, 0.25) is 0 Å². The Bertz CT molecular complexity index is 435. The minimum Gasteiger partial charge on any atom is -0.456 e. The van der Waals surface area contributed by atoms with Gasteiger partial charge in [0.25, 0.3) is 5.91 Å². The lowest BCUT2D eigenvalue weighted by Gasteiger charge is -2.08. The second kappa shape index (κ2) is 6.76. The fourth-order valence-electron chi connectivity index (χ4n) is 1.03. The molecule has 1 rings (SSSR count). The highest BCUT2D eigenvalue weighted by atomic mass is 79.9. The Morgan fingerprint density at radius 2 is 2.06 bits per heavy atom. The standard InChI is InChI=1S/C11H11Br2NO3/c1-2-11(16)17-6-10(15)14-9-4-3-7(12)5-8(9)13/h3-5H,2,6H2,1H3,(H,14,15). The van der Waals surface area contributed by atoms with E-state index in [0.717, 1.165) is 8.95 Å². The molecule has 0 heterocycles. The molecule has 92 valence electrons. The van der Waals surface area contributed by atoms with Crippen molar-refractivity contribution in [3.8, 4) is 0 Å². The molecule has 1 aromatic rings. The fourth-order valence-corrected chi connectivity index (χ4v) is 2.17. The minimum atomic E-state index is -0.393. The summed E-state index contributed by atoms with van der Waals surface area (Å²) in [5.74, 6) is -0.759. The maximum absolute atomic E-state index is 11.4. The van der Waals surface area contributed by atoms with Crippen molar-refractivity contribution in [1.29, 1.82) is 0 Å². The van der Waals surface area contributed by atoms with Crippen LogP contribution in [0.4, 0.5) is 5.69 Å². The summed E-state index contributed by atoms with van der Waals surface area (Å²) >= 11 is 6.63. The topological polar surface area (TPSA) is 55.4 Å². The molecule has 17 heavy (non-hydrogen) atoms. The number of anilines is 1. The van der Waals surface area contributed by atoms with E-state index in [9.17, 15) is 9.59 Å². The van der Waals surface area contributed by atoms with Crippen molar-refractivity contribution < 1.29 is 14.3 Å². The third-order valence-corrected chi connectivity index (χ3v) is 3.01. The van der Waals surface area contributed by atoms with E-state index >= 15 is 0 Å². The first kappa shape index (κ1) is 14.2. The maximum Gasteiger partial charge on any atom is 0.306 e. The van der Waals surface area contributed by atoms with Crippen LogP contribution < -0.4 is 5.32 Å². The van der Waals surface area contributed by atoms with Gasteiger partial charge in [-0.15, -0.1) is 0 Å². The molecule has 1 amide bonds. The number of carbonyl (C=O) groups excluding carboxylic acids is 2. The molecule has 1 aromatic carbocycles. The number of ether oxygens (including phenoxy) is 1. The van der Waals surface area contributed by atoms with Gasteiger partial charge in [-0.05, 0) is 34.1 Å². The minimum absolute atomic E-state index is 0.259. The van der Waals surface area contributed by atoms with E-state index in [-0.39, 0.29) is 18.9 Å². The van der Waals surface area contributed by atoms with Crippen molar-refractivity contribution in [2.24, 2.45) is 0 Å². The highest BCUT2D eigenvalue weighted by Crippen LogP contribution is 2.25. The molecular formula is C11H11Br2NO3. The van der Waals surface area contributed by atoms with E-state index in [4.69, 9.17) is 4.74 Å². The molecule has 0 bridgehead atoms. The second-order valence-electron chi connectivity index (χ2n) is 3.19. The van der Waals surface area contributed by atoms with Crippen molar-refractivity contribution >= 4 is 49.4 Å². The van der Waals surface area contributed by atoms with Gasteiger partial charge in [0.05, 0.1) is 5.69 Å². The summed E-state index contributed by atoms with van der Waals surface area (Å²) in [6.45, 7) is 1.40.